The number of ether oxygens (including phenoxy) is 1. The van der Waals surface area contributed by atoms with Crippen LogP contribution in [0.2, 0.25) is 0 Å². The Bertz CT molecular complexity index is 652. The standard InChI is InChI=1S/C15H23NO5S/c1-9(2)13(21-5)8-22(19,20)16-14-11(4)6-10(3)7-12(14)15(17)18/h6-7,9,13,16H,8H2,1-5H3,(H,17,18)/t13-/m0/s1. The van der Waals surface area contributed by atoms with Crippen LogP contribution in [0.5, 0.6) is 0 Å². The molecule has 0 amide bonds. The van der Waals surface area contributed by atoms with Crippen LogP contribution >= 0.6 is 0 Å². The Hall–Kier alpha value is -1.60. The number of benzene rings is 1. The summed E-state index contributed by atoms with van der Waals surface area (Å²) in [7, 11) is -2.26. The number of methoxy groups -OCH3 is 1. The summed E-state index contributed by atoms with van der Waals surface area (Å²) in [5.74, 6) is -1.37. The predicted molar refractivity (Wildman–Crippen MR) is 85.9 cm³/mol. The Morgan fingerprint density at radius 3 is 2.36 bits per heavy atom. The van der Waals surface area contributed by atoms with E-state index in [0.717, 1.165) is 5.56 Å². The van der Waals surface area contributed by atoms with Crippen LogP contribution in [0.25, 0.3) is 0 Å². The third kappa shape index (κ3) is 4.71. The summed E-state index contributed by atoms with van der Waals surface area (Å²) in [6.07, 6.45) is -0.462. The second-order valence-electron chi connectivity index (χ2n) is 5.71. The molecular weight excluding hydrogens is 306 g/mol. The summed E-state index contributed by atoms with van der Waals surface area (Å²) in [6.45, 7) is 7.16. The minimum Gasteiger partial charge on any atom is -0.478 e. The van der Waals surface area contributed by atoms with Gasteiger partial charge in [-0.25, -0.2) is 13.2 Å². The van der Waals surface area contributed by atoms with Crippen LogP contribution in [0.15, 0.2) is 12.1 Å². The molecule has 1 aromatic rings. The maximum atomic E-state index is 12.3. The molecule has 0 saturated carbocycles. The van der Waals surface area contributed by atoms with E-state index in [2.05, 4.69) is 4.72 Å². The van der Waals surface area contributed by atoms with Crippen molar-refractivity contribution in [1.29, 1.82) is 0 Å². The van der Waals surface area contributed by atoms with Gasteiger partial charge in [-0.2, -0.15) is 0 Å². The molecular formula is C15H23NO5S. The first-order valence-electron chi connectivity index (χ1n) is 6.95. The lowest BCUT2D eigenvalue weighted by Gasteiger charge is -2.20. The Kier molecular flexibility index (Phi) is 5.96. The van der Waals surface area contributed by atoms with Crippen LogP contribution in [0.4, 0.5) is 5.69 Å². The molecule has 0 aliphatic rings. The first-order chi connectivity index (χ1) is 10.1. The van der Waals surface area contributed by atoms with Gasteiger partial charge in [-0.15, -0.1) is 0 Å². The van der Waals surface area contributed by atoms with Crippen molar-refractivity contribution in [1.82, 2.24) is 0 Å². The Balaban J connectivity index is 3.16. The Labute approximate surface area is 131 Å². The summed E-state index contributed by atoms with van der Waals surface area (Å²) in [6, 6.07) is 3.18. The molecule has 1 aromatic carbocycles. The summed E-state index contributed by atoms with van der Waals surface area (Å²) < 4.78 is 32.2. The molecule has 0 aliphatic carbocycles. The van der Waals surface area contributed by atoms with Crippen LogP contribution < -0.4 is 4.72 Å². The number of rotatable bonds is 7. The highest BCUT2D eigenvalue weighted by molar-refractivity contribution is 7.92. The van der Waals surface area contributed by atoms with Crippen LogP contribution in [0.3, 0.4) is 0 Å². The molecule has 6 nitrogen and oxygen atoms in total. The van der Waals surface area contributed by atoms with Gasteiger partial charge in [0.2, 0.25) is 10.0 Å². The average molecular weight is 329 g/mol. The van der Waals surface area contributed by atoms with Gasteiger partial charge in [-0.3, -0.25) is 4.72 Å². The number of hydrogen-bond donors (Lipinski definition) is 2. The van der Waals surface area contributed by atoms with Crippen molar-refractivity contribution in [2.75, 3.05) is 17.6 Å². The van der Waals surface area contributed by atoms with E-state index in [9.17, 15) is 18.3 Å². The molecule has 0 saturated heterocycles. The van der Waals surface area contributed by atoms with Gasteiger partial charge >= 0.3 is 5.97 Å². The van der Waals surface area contributed by atoms with Crippen molar-refractivity contribution in [3.63, 3.8) is 0 Å². The van der Waals surface area contributed by atoms with E-state index in [4.69, 9.17) is 4.74 Å². The van der Waals surface area contributed by atoms with Crippen molar-refractivity contribution >= 4 is 21.7 Å². The quantitative estimate of drug-likeness (QED) is 0.801. The summed E-state index contributed by atoms with van der Waals surface area (Å²) in [5.41, 5.74) is 1.38. The van der Waals surface area contributed by atoms with Crippen molar-refractivity contribution in [2.45, 2.75) is 33.8 Å². The molecule has 0 radical (unpaired) electrons. The first-order valence-corrected chi connectivity index (χ1v) is 8.60. The van der Waals surface area contributed by atoms with Gasteiger partial charge in [-0.1, -0.05) is 19.9 Å². The molecule has 0 aromatic heterocycles. The van der Waals surface area contributed by atoms with Gasteiger partial charge < -0.3 is 9.84 Å². The molecule has 7 heteroatoms. The average Bonchev–Trinajstić information content (AvgIpc) is 2.38. The van der Waals surface area contributed by atoms with Gasteiger partial charge in [0.25, 0.3) is 0 Å². The van der Waals surface area contributed by atoms with Crippen molar-refractivity contribution in [3.8, 4) is 0 Å². The van der Waals surface area contributed by atoms with E-state index >= 15 is 0 Å². The zero-order valence-corrected chi connectivity index (χ0v) is 14.3. The van der Waals surface area contributed by atoms with Crippen molar-refractivity contribution < 1.29 is 23.1 Å². The largest absolute Gasteiger partial charge is 0.478 e. The number of aromatic carboxylic acids is 1. The lowest BCUT2D eigenvalue weighted by atomic mass is 10.0. The van der Waals surface area contributed by atoms with Crippen molar-refractivity contribution in [2.24, 2.45) is 5.92 Å². The third-order valence-electron chi connectivity index (χ3n) is 3.40. The second kappa shape index (κ2) is 7.11. The van der Waals surface area contributed by atoms with Gasteiger partial charge in [0, 0.05) is 7.11 Å². The molecule has 0 unspecified atom stereocenters. The number of sulfonamides is 1. The predicted octanol–water partition coefficient (Wildman–Crippen LogP) is 2.41. The highest BCUT2D eigenvalue weighted by Gasteiger charge is 2.24. The normalized spacial score (nSPS) is 13.2. The molecule has 0 heterocycles. The number of nitrogens with one attached hydrogen (secondary N) is 1. The number of carboxylic acids is 1. The smallest absolute Gasteiger partial charge is 0.337 e. The molecule has 22 heavy (non-hydrogen) atoms. The van der Waals surface area contributed by atoms with Crippen LogP contribution in [-0.4, -0.2) is 38.5 Å². The van der Waals surface area contributed by atoms with Gasteiger partial charge in [0.05, 0.1) is 23.1 Å². The molecule has 1 rings (SSSR count). The van der Waals surface area contributed by atoms with Gasteiger partial charge in [0.15, 0.2) is 0 Å². The Morgan fingerprint density at radius 1 is 1.32 bits per heavy atom. The number of anilines is 1. The minimum absolute atomic E-state index is 0.0274. The summed E-state index contributed by atoms with van der Waals surface area (Å²) in [5, 5.41) is 9.27. The van der Waals surface area contributed by atoms with Crippen LogP contribution in [0.1, 0.15) is 35.3 Å². The zero-order valence-electron chi connectivity index (χ0n) is 13.5. The van der Waals surface area contributed by atoms with E-state index in [1.165, 1.54) is 13.2 Å². The lowest BCUT2D eigenvalue weighted by Crippen LogP contribution is -2.32. The molecule has 2 N–H and O–H groups in total. The van der Waals surface area contributed by atoms with E-state index in [0.29, 0.717) is 5.56 Å². The van der Waals surface area contributed by atoms with E-state index in [1.807, 2.05) is 13.8 Å². The fourth-order valence-corrected chi connectivity index (χ4v) is 3.84. The molecule has 1 atom stereocenters. The number of carboxylic acid groups (broad SMARTS) is 1. The van der Waals surface area contributed by atoms with E-state index < -0.39 is 22.1 Å². The topological polar surface area (TPSA) is 92.7 Å². The fraction of sp³-hybridized carbons (Fsp3) is 0.533. The third-order valence-corrected chi connectivity index (χ3v) is 4.68. The first kappa shape index (κ1) is 18.4. The second-order valence-corrected chi connectivity index (χ2v) is 7.48. The zero-order chi connectivity index (χ0) is 17.1. The number of aryl methyl sites for hydroxylation is 2. The maximum Gasteiger partial charge on any atom is 0.337 e. The van der Waals surface area contributed by atoms with Crippen molar-refractivity contribution in [3.05, 3.63) is 28.8 Å². The molecule has 0 aliphatic heterocycles. The highest BCUT2D eigenvalue weighted by Crippen LogP contribution is 2.24. The van der Waals surface area contributed by atoms with Crippen LogP contribution in [-0.2, 0) is 14.8 Å². The minimum atomic E-state index is -3.72. The maximum absolute atomic E-state index is 12.3. The van der Waals surface area contributed by atoms with E-state index in [-0.39, 0.29) is 22.9 Å². The SMILES string of the molecule is CO[C@@H](CS(=O)(=O)Nc1c(C)cc(C)cc1C(=O)O)C(C)C. The molecule has 124 valence electrons. The Morgan fingerprint density at radius 2 is 1.91 bits per heavy atom. The van der Waals surface area contributed by atoms with Crippen LogP contribution in [0, 0.1) is 19.8 Å². The molecule has 0 spiro atoms. The summed E-state index contributed by atoms with van der Waals surface area (Å²) in [4.78, 5) is 11.3. The molecule has 0 fully saturated rings. The fourth-order valence-electron chi connectivity index (χ4n) is 2.22. The van der Waals surface area contributed by atoms with Gasteiger partial charge in [0.1, 0.15) is 0 Å². The number of hydrogen-bond acceptors (Lipinski definition) is 4. The number of carbonyl (C=O) groups is 1. The van der Waals surface area contributed by atoms with Gasteiger partial charge in [-0.05, 0) is 37.0 Å². The molecule has 0 bridgehead atoms. The summed E-state index contributed by atoms with van der Waals surface area (Å²) >= 11 is 0. The lowest BCUT2D eigenvalue weighted by molar-refractivity contribution is 0.0698. The monoisotopic (exact) mass is 329 g/mol. The van der Waals surface area contributed by atoms with E-state index in [1.54, 1.807) is 19.9 Å². The highest BCUT2D eigenvalue weighted by atomic mass is 32.2.